The van der Waals surface area contributed by atoms with Crippen LogP contribution in [0.15, 0.2) is 35.6 Å². The molecular formula is C12H22IN5. The highest BCUT2D eigenvalue weighted by Crippen LogP contribution is 1.99. The zero-order chi connectivity index (χ0) is 12.7. The standard InChI is InChI=1S/C12H21N5.HI/c1-10(2)7-14-12(13)15-8-11(3)9-17-6-4-5-16-17;/h4-6,11H,1,7-9H2,2-3H3,(H3,13,14,15);1H. The Labute approximate surface area is 126 Å². The molecule has 102 valence electrons. The van der Waals surface area contributed by atoms with E-state index in [1.54, 1.807) is 6.20 Å². The molecule has 6 heteroatoms. The zero-order valence-electron chi connectivity index (χ0n) is 11.0. The molecule has 0 aromatic carbocycles. The van der Waals surface area contributed by atoms with Crippen LogP contribution in [0.1, 0.15) is 13.8 Å². The Kier molecular flexibility index (Phi) is 8.43. The number of halogens is 1. The summed E-state index contributed by atoms with van der Waals surface area (Å²) in [6.07, 6.45) is 3.72. The Morgan fingerprint density at radius 2 is 2.33 bits per heavy atom. The molecule has 0 aliphatic rings. The number of nitrogens with one attached hydrogen (secondary N) is 1. The minimum atomic E-state index is 0. The SMILES string of the molecule is C=C(C)CNC(N)=NCC(C)Cn1cccn1.I. The van der Waals surface area contributed by atoms with Gasteiger partial charge < -0.3 is 11.1 Å². The van der Waals surface area contributed by atoms with Crippen molar-refractivity contribution >= 4 is 29.9 Å². The maximum absolute atomic E-state index is 5.72. The van der Waals surface area contributed by atoms with E-state index in [9.17, 15) is 0 Å². The van der Waals surface area contributed by atoms with Crippen molar-refractivity contribution in [2.24, 2.45) is 16.6 Å². The van der Waals surface area contributed by atoms with Crippen molar-refractivity contribution in [1.82, 2.24) is 15.1 Å². The molecule has 18 heavy (non-hydrogen) atoms. The van der Waals surface area contributed by atoms with Gasteiger partial charge in [0.2, 0.25) is 0 Å². The summed E-state index contributed by atoms with van der Waals surface area (Å²) < 4.78 is 1.90. The van der Waals surface area contributed by atoms with Crippen LogP contribution >= 0.6 is 24.0 Å². The molecule has 0 amide bonds. The molecule has 0 saturated heterocycles. The van der Waals surface area contributed by atoms with Gasteiger partial charge in [-0.05, 0) is 18.9 Å². The Morgan fingerprint density at radius 3 is 2.89 bits per heavy atom. The number of hydrogen-bond donors (Lipinski definition) is 2. The van der Waals surface area contributed by atoms with E-state index in [0.717, 1.165) is 12.1 Å². The summed E-state index contributed by atoms with van der Waals surface area (Å²) in [5, 5.41) is 7.15. The average molecular weight is 363 g/mol. The number of nitrogens with two attached hydrogens (primary N) is 1. The molecule has 1 aromatic heterocycles. The van der Waals surface area contributed by atoms with Crippen LogP contribution in [0.2, 0.25) is 0 Å². The van der Waals surface area contributed by atoms with E-state index in [0.29, 0.717) is 25.0 Å². The highest BCUT2D eigenvalue weighted by Gasteiger charge is 2.02. The predicted octanol–water partition coefficient (Wildman–Crippen LogP) is 1.62. The second-order valence-electron chi connectivity index (χ2n) is 4.37. The van der Waals surface area contributed by atoms with Gasteiger partial charge in [0.15, 0.2) is 5.96 Å². The highest BCUT2D eigenvalue weighted by atomic mass is 127. The van der Waals surface area contributed by atoms with Crippen LogP contribution in [0, 0.1) is 5.92 Å². The van der Waals surface area contributed by atoms with Gasteiger partial charge in [-0.25, -0.2) is 0 Å². The maximum Gasteiger partial charge on any atom is 0.188 e. The van der Waals surface area contributed by atoms with Gasteiger partial charge in [0.05, 0.1) is 0 Å². The van der Waals surface area contributed by atoms with Crippen molar-refractivity contribution in [3.63, 3.8) is 0 Å². The van der Waals surface area contributed by atoms with Crippen LogP contribution in [0.4, 0.5) is 0 Å². The van der Waals surface area contributed by atoms with Crippen molar-refractivity contribution < 1.29 is 0 Å². The maximum atomic E-state index is 5.72. The van der Waals surface area contributed by atoms with Crippen molar-refractivity contribution in [2.75, 3.05) is 13.1 Å². The normalized spacial score (nSPS) is 12.7. The number of hydrogen-bond acceptors (Lipinski definition) is 2. The highest BCUT2D eigenvalue weighted by molar-refractivity contribution is 14.0. The lowest BCUT2D eigenvalue weighted by Crippen LogP contribution is -2.33. The van der Waals surface area contributed by atoms with Crippen LogP contribution in [0.25, 0.3) is 0 Å². The molecule has 1 rings (SSSR count). The summed E-state index contributed by atoms with van der Waals surface area (Å²) in [4.78, 5) is 4.28. The lowest BCUT2D eigenvalue weighted by Gasteiger charge is -2.10. The number of aliphatic imine (C=N–C) groups is 1. The van der Waals surface area contributed by atoms with Crippen LogP contribution in [-0.4, -0.2) is 28.8 Å². The fraction of sp³-hybridized carbons (Fsp3) is 0.500. The molecule has 1 heterocycles. The topological polar surface area (TPSA) is 68.2 Å². The minimum absolute atomic E-state index is 0. The van der Waals surface area contributed by atoms with Crippen molar-refractivity contribution in [3.05, 3.63) is 30.6 Å². The first-order valence-electron chi connectivity index (χ1n) is 5.73. The third kappa shape index (κ3) is 7.31. The molecule has 5 nitrogen and oxygen atoms in total. The van der Waals surface area contributed by atoms with E-state index in [2.05, 4.69) is 28.9 Å². The first-order valence-corrected chi connectivity index (χ1v) is 5.73. The zero-order valence-corrected chi connectivity index (χ0v) is 13.3. The minimum Gasteiger partial charge on any atom is -0.370 e. The summed E-state index contributed by atoms with van der Waals surface area (Å²) in [5.74, 6) is 0.875. The van der Waals surface area contributed by atoms with Gasteiger partial charge in [-0.1, -0.05) is 19.1 Å². The summed E-state index contributed by atoms with van der Waals surface area (Å²) in [5.41, 5.74) is 6.75. The van der Waals surface area contributed by atoms with Gasteiger partial charge in [0.1, 0.15) is 0 Å². The van der Waals surface area contributed by atoms with E-state index in [1.807, 2.05) is 23.9 Å². The van der Waals surface area contributed by atoms with E-state index < -0.39 is 0 Å². The summed E-state index contributed by atoms with van der Waals surface area (Å²) >= 11 is 0. The van der Waals surface area contributed by atoms with Gasteiger partial charge in [0, 0.05) is 32.0 Å². The first kappa shape index (κ1) is 16.9. The number of nitrogens with zero attached hydrogens (tertiary/aromatic N) is 3. The molecule has 1 unspecified atom stereocenters. The predicted molar refractivity (Wildman–Crippen MR) is 86.1 cm³/mol. The Hall–Kier alpha value is -1.05. The molecule has 1 atom stereocenters. The number of guanidine groups is 1. The lowest BCUT2D eigenvalue weighted by molar-refractivity contribution is 0.459. The second-order valence-corrected chi connectivity index (χ2v) is 4.37. The van der Waals surface area contributed by atoms with Crippen molar-refractivity contribution in [2.45, 2.75) is 20.4 Å². The second kappa shape index (κ2) is 8.96. The first-order chi connectivity index (χ1) is 8.08. The van der Waals surface area contributed by atoms with Gasteiger partial charge in [-0.15, -0.1) is 24.0 Å². The molecular weight excluding hydrogens is 341 g/mol. The molecule has 0 saturated carbocycles. The molecule has 0 radical (unpaired) electrons. The summed E-state index contributed by atoms with van der Waals surface area (Å²) in [6, 6.07) is 1.92. The van der Waals surface area contributed by atoms with Crippen molar-refractivity contribution in [1.29, 1.82) is 0 Å². The third-order valence-corrected chi connectivity index (χ3v) is 2.20. The molecule has 0 aliphatic heterocycles. The molecule has 0 bridgehead atoms. The van der Waals surface area contributed by atoms with E-state index >= 15 is 0 Å². The molecule has 0 spiro atoms. The lowest BCUT2D eigenvalue weighted by atomic mass is 10.2. The van der Waals surface area contributed by atoms with Gasteiger partial charge in [0.25, 0.3) is 0 Å². The fourth-order valence-electron chi connectivity index (χ4n) is 1.34. The van der Waals surface area contributed by atoms with Gasteiger partial charge in [-0.3, -0.25) is 9.67 Å². The summed E-state index contributed by atoms with van der Waals surface area (Å²) in [7, 11) is 0. The van der Waals surface area contributed by atoms with E-state index in [-0.39, 0.29) is 24.0 Å². The Bertz CT molecular complexity index is 372. The van der Waals surface area contributed by atoms with Crippen LogP contribution in [0.3, 0.4) is 0 Å². The number of aromatic nitrogens is 2. The molecule has 0 fully saturated rings. The van der Waals surface area contributed by atoms with Crippen molar-refractivity contribution in [3.8, 4) is 0 Å². The monoisotopic (exact) mass is 363 g/mol. The van der Waals surface area contributed by atoms with Crippen LogP contribution < -0.4 is 11.1 Å². The quantitative estimate of drug-likeness (QED) is 0.349. The summed E-state index contributed by atoms with van der Waals surface area (Å²) in [6.45, 7) is 10.1. The number of rotatable bonds is 6. The Morgan fingerprint density at radius 1 is 1.61 bits per heavy atom. The largest absolute Gasteiger partial charge is 0.370 e. The molecule has 3 N–H and O–H groups in total. The van der Waals surface area contributed by atoms with Gasteiger partial charge >= 0.3 is 0 Å². The molecule has 1 aromatic rings. The van der Waals surface area contributed by atoms with Crippen LogP contribution in [-0.2, 0) is 6.54 Å². The fourth-order valence-corrected chi connectivity index (χ4v) is 1.34. The molecule has 0 aliphatic carbocycles. The van der Waals surface area contributed by atoms with E-state index in [4.69, 9.17) is 5.73 Å². The smallest absolute Gasteiger partial charge is 0.188 e. The third-order valence-electron chi connectivity index (χ3n) is 2.20. The Balaban J connectivity index is 0.00000289. The van der Waals surface area contributed by atoms with E-state index in [1.165, 1.54) is 0 Å². The average Bonchev–Trinajstić information content (AvgIpc) is 2.76. The van der Waals surface area contributed by atoms with Gasteiger partial charge in [-0.2, -0.15) is 5.10 Å². The van der Waals surface area contributed by atoms with Crippen LogP contribution in [0.5, 0.6) is 0 Å².